The molecule has 1 aromatic carbocycles. The normalized spacial score (nSPS) is 11.4. The van der Waals surface area contributed by atoms with E-state index in [4.69, 9.17) is 33.9 Å². The van der Waals surface area contributed by atoms with Gasteiger partial charge in [0.05, 0.1) is 9.95 Å². The number of halogens is 3. The van der Waals surface area contributed by atoms with Crippen LogP contribution in [0, 0.1) is 10.1 Å². The molecule has 82 valence electrons. The Morgan fingerprint density at radius 2 is 1.73 bits per heavy atom. The van der Waals surface area contributed by atoms with Gasteiger partial charge in [-0.25, -0.2) is 8.42 Å². The number of nitrogens with zero attached hydrogens (tertiary/aromatic N) is 1. The average Bonchev–Trinajstić information content (AvgIpc) is 2.06. The summed E-state index contributed by atoms with van der Waals surface area (Å²) in [5.41, 5.74) is -0.481. The molecule has 9 heteroatoms. The third kappa shape index (κ3) is 2.52. The average molecular weight is 291 g/mol. The Kier molecular flexibility index (Phi) is 3.44. The van der Waals surface area contributed by atoms with Crippen LogP contribution in [0.5, 0.6) is 0 Å². The van der Waals surface area contributed by atoms with Crippen LogP contribution in [-0.4, -0.2) is 13.3 Å². The van der Waals surface area contributed by atoms with Crippen molar-refractivity contribution in [3.8, 4) is 0 Å². The van der Waals surface area contributed by atoms with Crippen LogP contribution in [0.25, 0.3) is 0 Å². The molecule has 0 N–H and O–H groups in total. The molecule has 0 unspecified atom stereocenters. The lowest BCUT2D eigenvalue weighted by molar-refractivity contribution is -0.384. The second-order valence-corrected chi connectivity index (χ2v) is 5.70. The summed E-state index contributed by atoms with van der Waals surface area (Å²) >= 11 is 11.0. The fraction of sp³-hybridized carbons (Fsp3) is 0. The summed E-state index contributed by atoms with van der Waals surface area (Å²) in [7, 11) is 0.962. The molecule has 0 saturated carbocycles. The van der Waals surface area contributed by atoms with Gasteiger partial charge < -0.3 is 0 Å². The van der Waals surface area contributed by atoms with Gasteiger partial charge in [-0.3, -0.25) is 10.1 Å². The molecule has 15 heavy (non-hydrogen) atoms. The zero-order valence-corrected chi connectivity index (χ0v) is 9.86. The van der Waals surface area contributed by atoms with E-state index in [1.807, 2.05) is 0 Å². The molecule has 0 amide bonds. The summed E-state index contributed by atoms with van der Waals surface area (Å²) in [6.45, 7) is 0. The standard InChI is InChI=1S/C6H2Cl3NO4S/c7-5-3(10(11)12)1-2-4(6(5)8)15(9,13)14/h1-2H. The van der Waals surface area contributed by atoms with Gasteiger partial charge in [0.2, 0.25) is 0 Å². The van der Waals surface area contributed by atoms with E-state index in [9.17, 15) is 18.5 Å². The molecule has 0 spiro atoms. The van der Waals surface area contributed by atoms with Gasteiger partial charge >= 0.3 is 0 Å². The molecule has 1 aromatic rings. The molecule has 5 nitrogen and oxygen atoms in total. The van der Waals surface area contributed by atoms with Gasteiger partial charge in [-0.1, -0.05) is 23.2 Å². The van der Waals surface area contributed by atoms with Crippen molar-refractivity contribution in [2.45, 2.75) is 4.90 Å². The summed E-state index contributed by atoms with van der Waals surface area (Å²) in [6, 6.07) is 1.85. The maximum atomic E-state index is 10.9. The van der Waals surface area contributed by atoms with Crippen molar-refractivity contribution in [3.63, 3.8) is 0 Å². The Bertz CT molecular complexity index is 527. The van der Waals surface area contributed by atoms with Crippen LogP contribution >= 0.6 is 33.9 Å². The minimum absolute atomic E-state index is 0.455. The van der Waals surface area contributed by atoms with Gasteiger partial charge in [0.25, 0.3) is 14.7 Å². The fourth-order valence-electron chi connectivity index (χ4n) is 0.851. The Morgan fingerprint density at radius 3 is 2.13 bits per heavy atom. The first kappa shape index (κ1) is 12.5. The van der Waals surface area contributed by atoms with Crippen molar-refractivity contribution in [2.24, 2.45) is 0 Å². The van der Waals surface area contributed by atoms with E-state index in [2.05, 4.69) is 0 Å². The first-order chi connectivity index (χ1) is 6.75. The van der Waals surface area contributed by atoms with E-state index in [1.54, 1.807) is 0 Å². The highest BCUT2D eigenvalue weighted by Crippen LogP contribution is 2.37. The summed E-state index contributed by atoms with van der Waals surface area (Å²) in [5.74, 6) is 0. The van der Waals surface area contributed by atoms with Crippen molar-refractivity contribution in [1.82, 2.24) is 0 Å². The van der Waals surface area contributed by atoms with Crippen LogP contribution in [0.15, 0.2) is 17.0 Å². The fourth-order valence-corrected chi connectivity index (χ4v) is 2.66. The van der Waals surface area contributed by atoms with E-state index in [0.717, 1.165) is 12.1 Å². The second kappa shape index (κ2) is 4.13. The summed E-state index contributed by atoms with van der Waals surface area (Å²) in [5, 5.41) is 9.50. The van der Waals surface area contributed by atoms with E-state index >= 15 is 0 Å². The topological polar surface area (TPSA) is 77.3 Å². The van der Waals surface area contributed by atoms with Gasteiger partial charge in [-0.15, -0.1) is 0 Å². The van der Waals surface area contributed by atoms with Gasteiger partial charge in [0.1, 0.15) is 9.92 Å². The Morgan fingerprint density at radius 1 is 1.20 bits per heavy atom. The number of benzene rings is 1. The predicted molar refractivity (Wildman–Crippen MR) is 56.2 cm³/mol. The van der Waals surface area contributed by atoms with Crippen LogP contribution in [0.4, 0.5) is 5.69 Å². The molecule has 0 saturated heterocycles. The van der Waals surface area contributed by atoms with E-state index < -0.39 is 34.6 Å². The third-order valence-electron chi connectivity index (χ3n) is 1.49. The number of nitro benzene ring substituents is 1. The lowest BCUT2D eigenvalue weighted by atomic mass is 10.3. The van der Waals surface area contributed by atoms with Gasteiger partial charge in [-0.2, -0.15) is 0 Å². The molecule has 0 heterocycles. The van der Waals surface area contributed by atoms with Crippen molar-refractivity contribution in [2.75, 3.05) is 0 Å². The largest absolute Gasteiger partial charge is 0.289 e. The van der Waals surface area contributed by atoms with Crippen LogP contribution < -0.4 is 0 Å². The van der Waals surface area contributed by atoms with E-state index in [-0.39, 0.29) is 0 Å². The molecule has 0 fully saturated rings. The quantitative estimate of drug-likeness (QED) is 0.477. The molecule has 0 bridgehead atoms. The number of rotatable bonds is 2. The predicted octanol–water partition coefficient (Wildman–Crippen LogP) is 2.83. The number of nitro groups is 1. The highest BCUT2D eigenvalue weighted by atomic mass is 35.7. The Labute approximate surface area is 99.1 Å². The van der Waals surface area contributed by atoms with E-state index in [0.29, 0.717) is 0 Å². The lowest BCUT2D eigenvalue weighted by Crippen LogP contribution is -1.96. The zero-order chi connectivity index (χ0) is 11.8. The SMILES string of the molecule is O=[N+]([O-])c1ccc(S(=O)(=O)Cl)c(Cl)c1Cl. The lowest BCUT2D eigenvalue weighted by Gasteiger charge is -2.02. The minimum Gasteiger partial charge on any atom is -0.258 e. The van der Waals surface area contributed by atoms with Crippen LogP contribution in [0.1, 0.15) is 0 Å². The third-order valence-corrected chi connectivity index (χ3v) is 3.83. The zero-order valence-electron chi connectivity index (χ0n) is 6.78. The van der Waals surface area contributed by atoms with Crippen molar-refractivity contribution in [3.05, 3.63) is 32.3 Å². The smallest absolute Gasteiger partial charge is 0.258 e. The molecular formula is C6H2Cl3NO4S. The monoisotopic (exact) mass is 289 g/mol. The molecule has 0 aliphatic heterocycles. The Hall–Kier alpha value is -0.560. The van der Waals surface area contributed by atoms with Crippen LogP contribution in [0.2, 0.25) is 10.0 Å². The van der Waals surface area contributed by atoms with Crippen molar-refractivity contribution < 1.29 is 13.3 Å². The molecular weight excluding hydrogens is 288 g/mol. The molecule has 0 aliphatic carbocycles. The Balaban J connectivity index is 3.55. The number of hydrogen-bond donors (Lipinski definition) is 0. The number of hydrogen-bond acceptors (Lipinski definition) is 4. The van der Waals surface area contributed by atoms with E-state index in [1.165, 1.54) is 0 Å². The molecule has 0 aromatic heterocycles. The minimum atomic E-state index is -4.07. The van der Waals surface area contributed by atoms with Gasteiger partial charge in [0, 0.05) is 16.7 Å². The first-order valence-corrected chi connectivity index (χ1v) is 6.38. The molecule has 0 atom stereocenters. The van der Waals surface area contributed by atoms with Crippen molar-refractivity contribution in [1.29, 1.82) is 0 Å². The first-order valence-electron chi connectivity index (χ1n) is 3.32. The summed E-state index contributed by atoms with van der Waals surface area (Å²) in [4.78, 5) is 9.18. The van der Waals surface area contributed by atoms with Crippen molar-refractivity contribution >= 4 is 48.6 Å². The van der Waals surface area contributed by atoms with Gasteiger partial charge in [0.15, 0.2) is 0 Å². The highest BCUT2D eigenvalue weighted by Gasteiger charge is 2.23. The maximum absolute atomic E-state index is 10.9. The highest BCUT2D eigenvalue weighted by molar-refractivity contribution is 8.13. The summed E-state index contributed by atoms with van der Waals surface area (Å²) < 4.78 is 21.9. The summed E-state index contributed by atoms with van der Waals surface area (Å²) in [6.07, 6.45) is 0. The van der Waals surface area contributed by atoms with Gasteiger partial charge in [-0.05, 0) is 6.07 Å². The maximum Gasteiger partial charge on any atom is 0.289 e. The molecule has 0 radical (unpaired) electrons. The molecule has 1 rings (SSSR count). The van der Waals surface area contributed by atoms with Crippen LogP contribution in [0.3, 0.4) is 0 Å². The van der Waals surface area contributed by atoms with Crippen LogP contribution in [-0.2, 0) is 9.05 Å². The molecule has 0 aliphatic rings. The second-order valence-electron chi connectivity index (χ2n) is 2.41.